The van der Waals surface area contributed by atoms with Crippen LogP contribution in [0.3, 0.4) is 0 Å². The summed E-state index contributed by atoms with van der Waals surface area (Å²) in [5.41, 5.74) is 5.43. The first-order chi connectivity index (χ1) is 16.7. The molecule has 6 heteroatoms. The first kappa shape index (κ1) is 27.7. The van der Waals surface area contributed by atoms with Crippen molar-refractivity contribution in [3.63, 3.8) is 0 Å². The van der Waals surface area contributed by atoms with Gasteiger partial charge in [0.15, 0.2) is 0 Å². The van der Waals surface area contributed by atoms with Crippen molar-refractivity contribution in [2.45, 2.75) is 0 Å². The Balaban J connectivity index is 0.000000231. The monoisotopic (exact) mass is 569 g/mol. The van der Waals surface area contributed by atoms with Crippen LogP contribution in [0, 0.1) is 7.43 Å². The molecule has 0 aliphatic rings. The van der Waals surface area contributed by atoms with Gasteiger partial charge in [-0.15, -0.1) is 0 Å². The zero-order valence-corrected chi connectivity index (χ0v) is 21.5. The van der Waals surface area contributed by atoms with Crippen LogP contribution in [0.5, 0.6) is 11.5 Å². The van der Waals surface area contributed by atoms with Crippen LogP contribution < -0.4 is 5.11 Å². The van der Waals surface area contributed by atoms with Crippen molar-refractivity contribution in [2.75, 3.05) is 0 Å². The molecule has 0 amide bonds. The normalized spacial score (nSPS) is 9.43. The molecule has 178 valence electrons. The molecular formula is C29H24ClN2O2Ru-. The van der Waals surface area contributed by atoms with Crippen molar-refractivity contribution in [3.05, 3.63) is 129 Å². The summed E-state index contributed by atoms with van der Waals surface area (Å²) in [7, 11) is 4.57. The first-order valence-electron chi connectivity index (χ1n) is 10.3. The Kier molecular flexibility index (Phi) is 11.6. The van der Waals surface area contributed by atoms with Crippen LogP contribution in [0.2, 0.25) is 0 Å². The maximum Gasteiger partial charge on any atom is 0.143 e. The largest absolute Gasteiger partial charge is 0.871 e. The molecule has 0 radical (unpaired) electrons. The predicted molar refractivity (Wildman–Crippen MR) is 138 cm³/mol. The van der Waals surface area contributed by atoms with Crippen LogP contribution in [-0.2, 0) is 17.3 Å². The number of aromatic hydroxyl groups is 1. The Morgan fingerprint density at radius 2 is 0.943 bits per heavy atom. The van der Waals surface area contributed by atoms with Gasteiger partial charge < -0.3 is 17.6 Å². The molecule has 5 rings (SSSR count). The van der Waals surface area contributed by atoms with E-state index in [9.17, 15) is 10.2 Å². The van der Waals surface area contributed by atoms with Gasteiger partial charge in [-0.25, -0.2) is 0 Å². The van der Waals surface area contributed by atoms with E-state index in [0.717, 1.165) is 0 Å². The molecule has 4 nitrogen and oxygen atoms in total. The summed E-state index contributed by atoms with van der Waals surface area (Å²) in [5.74, 6) is -0.287. The molecule has 3 aromatic carbocycles. The number of pyridine rings is 2. The maximum absolute atomic E-state index is 11.4. The van der Waals surface area contributed by atoms with Crippen molar-refractivity contribution in [1.82, 2.24) is 9.97 Å². The van der Waals surface area contributed by atoms with Gasteiger partial charge in [0.25, 0.3) is 0 Å². The van der Waals surface area contributed by atoms with Gasteiger partial charge in [-0.2, -0.15) is 0 Å². The Bertz CT molecular complexity index is 1180. The number of hydrogen-bond acceptors (Lipinski definition) is 4. The summed E-state index contributed by atoms with van der Waals surface area (Å²) in [6.07, 6.45) is 2.99. The fraction of sp³-hybridized carbons (Fsp3) is 0. The first-order valence-corrected chi connectivity index (χ1v) is 12.6. The van der Waals surface area contributed by atoms with Gasteiger partial charge in [-0.1, -0.05) is 96.7 Å². The molecule has 0 unspecified atom stereocenters. The minimum Gasteiger partial charge on any atom is -0.871 e. The molecule has 0 fully saturated rings. The fourth-order valence-electron chi connectivity index (χ4n) is 3.26. The van der Waals surface area contributed by atoms with Gasteiger partial charge >= 0.3 is 27.0 Å². The number of hydrogen-bond donors (Lipinski definition) is 1. The zero-order valence-electron chi connectivity index (χ0n) is 19.0. The van der Waals surface area contributed by atoms with E-state index in [4.69, 9.17) is 0 Å². The molecule has 2 aromatic heterocycles. The van der Waals surface area contributed by atoms with E-state index in [1.807, 2.05) is 29.4 Å². The molecule has 1 N–H and O–H groups in total. The SMILES string of the molecule is [CH3-].[Cl][Ru+].[O-]c1cccnc1-c1ncccc1O.c1ccc(-c2ccc(-c3ccccc3)cc2)cc1. The average molecular weight is 569 g/mol. The number of aromatic nitrogens is 2. The molecule has 0 atom stereocenters. The average Bonchev–Trinajstić information content (AvgIpc) is 2.92. The van der Waals surface area contributed by atoms with Crippen molar-refractivity contribution in [3.8, 4) is 45.1 Å². The molecule has 0 saturated heterocycles. The summed E-state index contributed by atoms with van der Waals surface area (Å²) < 4.78 is 0. The molecule has 0 spiro atoms. The smallest absolute Gasteiger partial charge is 0.143 e. The summed E-state index contributed by atoms with van der Waals surface area (Å²) >= 11 is 1.82. The van der Waals surface area contributed by atoms with Crippen molar-refractivity contribution in [2.24, 2.45) is 0 Å². The predicted octanol–water partition coefficient (Wildman–Crippen LogP) is 7.08. The molecule has 5 aromatic rings. The minimum atomic E-state index is -0.249. The van der Waals surface area contributed by atoms with Gasteiger partial charge in [-0.05, 0) is 40.5 Å². The summed E-state index contributed by atoms with van der Waals surface area (Å²) in [6.45, 7) is 0. The Morgan fingerprint density at radius 3 is 1.37 bits per heavy atom. The third-order valence-corrected chi connectivity index (χ3v) is 4.88. The number of nitrogens with zero attached hydrogens (tertiary/aromatic N) is 2. The number of benzene rings is 3. The maximum atomic E-state index is 11.4. The molecule has 0 aliphatic heterocycles. The van der Waals surface area contributed by atoms with Crippen LogP contribution in [-0.4, -0.2) is 15.1 Å². The third-order valence-electron chi connectivity index (χ3n) is 4.88. The third kappa shape index (κ3) is 7.75. The van der Waals surface area contributed by atoms with Crippen molar-refractivity contribution in [1.29, 1.82) is 0 Å². The van der Waals surface area contributed by atoms with E-state index in [2.05, 4.69) is 92.5 Å². The van der Waals surface area contributed by atoms with E-state index in [1.165, 1.54) is 46.8 Å². The molecule has 2 heterocycles. The Morgan fingerprint density at radius 1 is 0.543 bits per heavy atom. The molecular weight excluding hydrogens is 545 g/mol. The van der Waals surface area contributed by atoms with Crippen LogP contribution in [0.25, 0.3) is 33.6 Å². The Labute approximate surface area is 220 Å². The van der Waals surface area contributed by atoms with Crippen molar-refractivity contribution < 1.29 is 27.5 Å². The van der Waals surface area contributed by atoms with E-state index < -0.39 is 0 Å². The molecule has 0 bridgehead atoms. The standard InChI is InChI=1S/C18H14.C10H8N2O2.CH3.ClH.Ru/c1-3-7-15(8-4-1)17-11-13-18(14-12-17)16-9-5-2-6-10-16;13-7-3-1-5-11-9(7)10-8(14)4-2-6-12-10;;;/h1-14H;1-6,13-14H;1H3;1H;/q;;-1;;+2/p-2. The van der Waals surface area contributed by atoms with E-state index >= 15 is 0 Å². The van der Waals surface area contributed by atoms with Gasteiger partial charge in [0, 0.05) is 12.4 Å². The summed E-state index contributed by atoms with van der Waals surface area (Å²) in [4.78, 5) is 7.77. The zero-order chi connectivity index (χ0) is 24.2. The number of rotatable bonds is 3. The van der Waals surface area contributed by atoms with Crippen molar-refractivity contribution >= 4 is 9.69 Å². The molecule has 35 heavy (non-hydrogen) atoms. The van der Waals surface area contributed by atoms with Crippen LogP contribution in [0.15, 0.2) is 122 Å². The van der Waals surface area contributed by atoms with Gasteiger partial charge in [0.2, 0.25) is 0 Å². The van der Waals surface area contributed by atoms with E-state index in [1.54, 1.807) is 12.1 Å². The molecule has 0 saturated carbocycles. The second kappa shape index (κ2) is 14.7. The number of halogens is 1. The fourth-order valence-corrected chi connectivity index (χ4v) is 3.26. The second-order valence-electron chi connectivity index (χ2n) is 7.03. The Hall–Kier alpha value is -3.53. The van der Waals surface area contributed by atoms with Crippen LogP contribution in [0.1, 0.15) is 0 Å². The van der Waals surface area contributed by atoms with E-state index in [0.29, 0.717) is 0 Å². The van der Waals surface area contributed by atoms with Crippen LogP contribution in [0.4, 0.5) is 0 Å². The molecule has 0 aliphatic carbocycles. The van der Waals surface area contributed by atoms with Gasteiger partial charge in [0.1, 0.15) is 11.4 Å². The van der Waals surface area contributed by atoms with Gasteiger partial charge in [-0.3, -0.25) is 9.97 Å². The van der Waals surface area contributed by atoms with E-state index in [-0.39, 0.29) is 30.3 Å². The summed E-state index contributed by atoms with van der Waals surface area (Å²) in [5, 5.41) is 20.8. The van der Waals surface area contributed by atoms with Gasteiger partial charge in [0.05, 0.1) is 5.69 Å². The topological polar surface area (TPSA) is 69.1 Å². The van der Waals surface area contributed by atoms with Crippen LogP contribution >= 0.6 is 9.69 Å². The minimum absolute atomic E-state index is 0. The summed E-state index contributed by atoms with van der Waals surface area (Å²) in [6, 6.07) is 35.6. The second-order valence-corrected chi connectivity index (χ2v) is 7.03. The quantitative estimate of drug-likeness (QED) is 0.186.